The summed E-state index contributed by atoms with van der Waals surface area (Å²) in [5.41, 5.74) is 27.8. The van der Waals surface area contributed by atoms with Crippen LogP contribution in [-0.2, 0) is 72.1 Å². The van der Waals surface area contributed by atoms with E-state index in [0.29, 0.717) is 118 Å². The number of carbonyl (C=O) groups is 6. The molecule has 0 amide bonds. The lowest BCUT2D eigenvalue weighted by Crippen LogP contribution is -2.53. The minimum atomic E-state index is -5.06. The molecule has 0 heterocycles. The molecule has 12 atom stereocenters. The highest BCUT2D eigenvalue weighted by molar-refractivity contribution is 7.85. The monoisotopic (exact) mass is 1910 g/mol. The van der Waals surface area contributed by atoms with E-state index in [1.54, 1.807) is 44.6 Å². The number of methoxy groups -OCH3 is 2. The maximum atomic E-state index is 14.2. The van der Waals surface area contributed by atoms with Crippen LogP contribution in [-0.4, -0.2) is 148 Å². The van der Waals surface area contributed by atoms with Gasteiger partial charge in [0.05, 0.1) is 20.5 Å². The molecule has 122 heavy (non-hydrogen) atoms. The van der Waals surface area contributed by atoms with E-state index >= 15 is 0 Å². The first-order valence-electron chi connectivity index (χ1n) is 36.2. The van der Waals surface area contributed by atoms with E-state index in [2.05, 4.69) is 9.47 Å². The molecule has 25 nitrogen and oxygen atoms in total. The van der Waals surface area contributed by atoms with Crippen LogP contribution in [0.25, 0.3) is 0 Å². The largest absolute Gasteiger partial charge is 0.573 e. The molecule has 6 aliphatic rings. The van der Waals surface area contributed by atoms with Crippen LogP contribution >= 0.6 is 85.2 Å². The molecule has 12 rings (SSSR count). The summed E-state index contributed by atoms with van der Waals surface area (Å²) < 4.78 is 186. The first kappa shape index (κ1) is 113. The van der Waals surface area contributed by atoms with E-state index in [1.165, 1.54) is 36.4 Å². The van der Waals surface area contributed by atoms with Crippen molar-refractivity contribution in [3.8, 4) is 23.0 Å². The molecule has 0 bridgehead atoms. The lowest BCUT2D eigenvalue weighted by atomic mass is 9.74. The van der Waals surface area contributed by atoms with Crippen LogP contribution in [0.15, 0.2) is 109 Å². The summed E-state index contributed by atoms with van der Waals surface area (Å²) >= 11 is 11.4. The number of ketones is 6. The number of Topliss-reactive ketones (excluding diaryl/α,β-unsaturated/α-hetero) is 6. The third-order valence-corrected chi connectivity index (χ3v) is 20.8. The Labute approximate surface area is 735 Å². The molecular weight excluding hydrogens is 1810 g/mol. The van der Waals surface area contributed by atoms with E-state index < -0.39 is 173 Å². The fourth-order valence-corrected chi connectivity index (χ4v) is 14.6. The van der Waals surface area contributed by atoms with Gasteiger partial charge in [0.1, 0.15) is 98.8 Å². The second kappa shape index (κ2) is 46.6. The predicted molar refractivity (Wildman–Crippen MR) is 438 cm³/mol. The number of ether oxygens (including phenoxy) is 4. The van der Waals surface area contributed by atoms with Crippen LogP contribution in [0, 0.1) is 36.0 Å². The molecule has 44 heteroatoms. The Morgan fingerprint density at radius 2 is 0.656 bits per heavy atom. The van der Waals surface area contributed by atoms with Crippen LogP contribution in [0.3, 0.4) is 0 Å². The number of aryl methyl sites for hydroxylation is 1. The quantitative estimate of drug-likeness (QED) is 0.0447. The molecule has 19 N–H and O–H groups in total. The predicted octanol–water partition coefficient (Wildman–Crippen LogP) is 11.5. The first-order chi connectivity index (χ1) is 54.2. The standard InChI is InChI=1S/C14H19NO4.2C13H13F4NO3.C13H16FNO2.2C12H13ClFNO2.CH4O3S.5ClH/c1-18-10-6-9(7-11(8-10)19-2)14(15)5-3-4-12(16)13(14)17;2*14-10-7(3-1-5-9(10)21-13(15,16)17)12(18)6-2-4-8(19)11(12)20;1-8-4-5-10(14)9(7-8)13(15)6-2-3-11(16)12(13)17;13-7-3-4-9(14)8(6-7)12(15)5-1-2-10(16)11(12)17;13-7-3-4-8(9(14)6-7)12(15)5-1-2-10(16)11(12)17;1-5(2,3)4;;;;;/h6-8,12,16H,3-5,15H2,1-2H3;2*1,3,5,8,19H,2,4,6,18H2;4-5,7,11,16H,2-3,6,15H2,1H3;2*3-4,6,10,16H,1-2,5,15H2;1H3,(H,2,3,4);5*1H. The number of hydrogen-bond acceptors (Lipinski definition) is 24. The maximum Gasteiger partial charge on any atom is 0.573 e. The van der Waals surface area contributed by atoms with Gasteiger partial charge in [0.25, 0.3) is 10.1 Å². The number of rotatable bonds is 10. The average molecular weight is 1910 g/mol. The van der Waals surface area contributed by atoms with Gasteiger partial charge in [0, 0.05) is 43.9 Å². The molecule has 12 unspecified atom stereocenters. The number of aliphatic hydroxyl groups excluding tert-OH is 6. The molecule has 6 aromatic carbocycles. The minimum Gasteiger partial charge on any atom is -0.497 e. The number of hydrogen-bond donors (Lipinski definition) is 13. The number of alkyl halides is 6. The molecule has 6 aliphatic carbocycles. The Kier molecular flexibility index (Phi) is 43.3. The summed E-state index contributed by atoms with van der Waals surface area (Å²) in [6.45, 7) is 1.82. The van der Waals surface area contributed by atoms with Crippen LogP contribution in [0.2, 0.25) is 10.0 Å². The van der Waals surface area contributed by atoms with Gasteiger partial charge in [-0.1, -0.05) is 71.2 Å². The first-order valence-corrected chi connectivity index (χ1v) is 38.8. The van der Waals surface area contributed by atoms with E-state index in [-0.39, 0.29) is 115 Å². The van der Waals surface area contributed by atoms with Crippen molar-refractivity contribution in [1.29, 1.82) is 0 Å². The average Bonchev–Trinajstić information content (AvgIpc) is 0.784. The van der Waals surface area contributed by atoms with Gasteiger partial charge in [-0.3, -0.25) is 33.3 Å². The number of aliphatic hydroxyl groups is 6. The van der Waals surface area contributed by atoms with Crippen molar-refractivity contribution in [1.82, 2.24) is 0 Å². The number of nitrogens with two attached hydrogens (primary N) is 6. The molecule has 6 fully saturated rings. The van der Waals surface area contributed by atoms with Gasteiger partial charge >= 0.3 is 12.7 Å². The molecule has 6 saturated carbocycles. The zero-order chi connectivity index (χ0) is 88.1. The molecular formula is C78H96Cl7F11N6O19S. The zero-order valence-corrected chi connectivity index (χ0v) is 71.9. The van der Waals surface area contributed by atoms with Crippen molar-refractivity contribution >= 4 is 130 Å². The highest BCUT2D eigenvalue weighted by Gasteiger charge is 2.50. The smallest absolute Gasteiger partial charge is 0.497 e. The molecule has 0 saturated heterocycles. The van der Waals surface area contributed by atoms with Crippen molar-refractivity contribution in [3.05, 3.63) is 187 Å². The van der Waals surface area contributed by atoms with Crippen molar-refractivity contribution < 1.29 is 140 Å². The van der Waals surface area contributed by atoms with Crippen LogP contribution < -0.4 is 53.3 Å². The highest BCUT2D eigenvalue weighted by Crippen LogP contribution is 2.43. The molecule has 0 radical (unpaired) electrons. The van der Waals surface area contributed by atoms with E-state index in [9.17, 15) is 116 Å². The topological polar surface area (TPSA) is 471 Å². The molecule has 0 aliphatic heterocycles. The Bertz CT molecular complexity index is 4510. The van der Waals surface area contributed by atoms with Crippen molar-refractivity contribution in [3.63, 3.8) is 0 Å². The summed E-state index contributed by atoms with van der Waals surface area (Å²) in [5.74, 6) is -8.82. The van der Waals surface area contributed by atoms with Crippen LogP contribution in [0.1, 0.15) is 155 Å². The highest BCUT2D eigenvalue weighted by atomic mass is 35.5. The van der Waals surface area contributed by atoms with Gasteiger partial charge in [0.15, 0.2) is 57.8 Å². The maximum absolute atomic E-state index is 14.2. The molecule has 684 valence electrons. The normalized spacial score (nSPS) is 26.2. The summed E-state index contributed by atoms with van der Waals surface area (Å²) in [6, 6.07) is 23.7. The van der Waals surface area contributed by atoms with Crippen molar-refractivity contribution in [2.45, 2.75) is 205 Å². The van der Waals surface area contributed by atoms with Gasteiger partial charge in [-0.25, -0.2) is 22.0 Å². The third kappa shape index (κ3) is 28.4. The van der Waals surface area contributed by atoms with Gasteiger partial charge in [-0.2, -0.15) is 8.42 Å². The second-order valence-corrected chi connectivity index (χ2v) is 31.2. The van der Waals surface area contributed by atoms with Crippen LogP contribution in [0.4, 0.5) is 48.3 Å². The fraction of sp³-hybridized carbons (Fsp3) is 0.462. The molecule has 0 aromatic heterocycles. The number of carbonyl (C=O) groups excluding carboxylic acids is 6. The number of halogens is 18. The van der Waals surface area contributed by atoms with Gasteiger partial charge in [-0.05, 0) is 189 Å². The second-order valence-electron chi connectivity index (χ2n) is 28.9. The lowest BCUT2D eigenvalue weighted by molar-refractivity contribution is -0.276. The lowest BCUT2D eigenvalue weighted by Gasteiger charge is -2.35. The van der Waals surface area contributed by atoms with E-state index in [1.807, 2.05) is 6.92 Å². The minimum absolute atomic E-state index is 0. The summed E-state index contributed by atoms with van der Waals surface area (Å²) in [4.78, 5) is 72.0. The third-order valence-electron chi connectivity index (χ3n) is 20.4. The summed E-state index contributed by atoms with van der Waals surface area (Å²) in [6.07, 6.45) is -9.55. The Morgan fingerprint density at radius 3 is 0.967 bits per heavy atom. The number of benzene rings is 6. The van der Waals surface area contributed by atoms with E-state index in [0.717, 1.165) is 48.0 Å². The van der Waals surface area contributed by atoms with Gasteiger partial charge in [0.2, 0.25) is 0 Å². The SMILES string of the molecule is COc1cc(OC)cc(C2(N)CCCC(O)C2=O)c1.CS(=O)(=O)O.Cc1ccc(F)c(C2(N)CCCC(O)C2=O)c1.Cl.Cl.Cl.Cl.Cl.NC1(c2cc(Cl)ccc2F)CCCC(O)C1=O.NC1(c2ccc(Cl)cc2F)CCCC(O)C1=O.NC1(c2cccc(OC(F)(F)F)c2F)CCCC(O)C1=O.NC1(c2cccc(OC(F)(F)F)c2F)CCCC(O)C1=O. The summed E-state index contributed by atoms with van der Waals surface area (Å²) in [7, 11) is -0.585. The van der Waals surface area contributed by atoms with E-state index in [4.69, 9.17) is 71.6 Å². The Balaban J connectivity index is 0.000000719. The van der Waals surface area contributed by atoms with Gasteiger partial charge < -0.3 is 84.0 Å². The molecule has 0 spiro atoms. The van der Waals surface area contributed by atoms with Crippen LogP contribution in [0.5, 0.6) is 23.0 Å². The fourth-order valence-electron chi connectivity index (χ4n) is 14.2. The van der Waals surface area contributed by atoms with Crippen molar-refractivity contribution in [2.24, 2.45) is 34.4 Å². The summed E-state index contributed by atoms with van der Waals surface area (Å²) in [5, 5.41) is 58.1. The zero-order valence-electron chi connectivity index (χ0n) is 65.4. The Morgan fingerprint density at radius 1 is 0.385 bits per heavy atom. The van der Waals surface area contributed by atoms with Crippen molar-refractivity contribution in [2.75, 3.05) is 20.5 Å². The molecule has 6 aromatic rings. The Hall–Kier alpha value is -6.77. The van der Waals surface area contributed by atoms with Gasteiger partial charge in [-0.15, -0.1) is 88.4 Å².